The van der Waals surface area contributed by atoms with Crippen LogP contribution in [0.3, 0.4) is 0 Å². The van der Waals surface area contributed by atoms with Crippen molar-refractivity contribution in [2.24, 2.45) is 0 Å². The van der Waals surface area contributed by atoms with Gasteiger partial charge < -0.3 is 4.52 Å². The number of hydrogen-bond donors (Lipinski definition) is 1. The number of sulfonamides is 1. The normalized spacial score (nSPS) is 11.6. The Labute approximate surface area is 127 Å². The molecule has 0 unspecified atom stereocenters. The molecular weight excluding hydrogens is 400 g/mol. The molecule has 0 atom stereocenters. The monoisotopic (exact) mass is 408 g/mol. The van der Waals surface area contributed by atoms with Gasteiger partial charge in [-0.25, -0.2) is 8.42 Å². The van der Waals surface area contributed by atoms with Crippen molar-refractivity contribution in [2.75, 3.05) is 4.72 Å². The van der Waals surface area contributed by atoms with E-state index in [4.69, 9.17) is 4.52 Å². The molecule has 2 aromatic rings. The molecule has 1 aromatic heterocycles. The lowest BCUT2D eigenvalue weighted by Gasteiger charge is -2.09. The molecule has 8 heteroatoms. The molecule has 0 aliphatic rings. The van der Waals surface area contributed by atoms with Gasteiger partial charge in [0.15, 0.2) is 5.82 Å². The Kier molecular flexibility index (Phi) is 4.03. The van der Waals surface area contributed by atoms with E-state index in [1.54, 1.807) is 13.0 Å². The van der Waals surface area contributed by atoms with Crippen LogP contribution in [0.25, 0.3) is 0 Å². The zero-order valence-corrected chi connectivity index (χ0v) is 14.1. The third-order valence-electron chi connectivity index (χ3n) is 2.37. The van der Waals surface area contributed by atoms with Crippen LogP contribution < -0.4 is 4.72 Å². The molecule has 1 heterocycles. The van der Waals surface area contributed by atoms with Crippen LogP contribution in [0, 0.1) is 13.8 Å². The zero-order chi connectivity index (χ0) is 14.2. The van der Waals surface area contributed by atoms with Crippen LogP contribution in [0.1, 0.15) is 11.3 Å². The Balaban J connectivity index is 2.42. The van der Waals surface area contributed by atoms with Gasteiger partial charge in [0.2, 0.25) is 0 Å². The van der Waals surface area contributed by atoms with Crippen LogP contribution in [0.15, 0.2) is 36.6 Å². The highest BCUT2D eigenvalue weighted by molar-refractivity contribution is 9.11. The van der Waals surface area contributed by atoms with Crippen LogP contribution in [-0.2, 0) is 10.0 Å². The van der Waals surface area contributed by atoms with Gasteiger partial charge >= 0.3 is 0 Å². The molecule has 0 saturated carbocycles. The summed E-state index contributed by atoms with van der Waals surface area (Å²) in [6.07, 6.45) is 0. The van der Waals surface area contributed by atoms with Gasteiger partial charge in [-0.1, -0.05) is 21.1 Å². The van der Waals surface area contributed by atoms with E-state index in [1.807, 2.05) is 6.92 Å². The summed E-state index contributed by atoms with van der Waals surface area (Å²) < 4.78 is 32.9. The van der Waals surface area contributed by atoms with Crippen LogP contribution >= 0.6 is 31.9 Å². The first kappa shape index (κ1) is 14.5. The summed E-state index contributed by atoms with van der Waals surface area (Å²) in [5.74, 6) is 0.683. The van der Waals surface area contributed by atoms with E-state index in [0.717, 1.165) is 5.56 Å². The molecule has 1 aromatic carbocycles. The maximum absolute atomic E-state index is 12.3. The highest BCUT2D eigenvalue weighted by Gasteiger charge is 2.20. The number of nitrogens with one attached hydrogen (secondary N) is 1. The number of nitrogens with zero attached hydrogens (tertiary/aromatic N) is 1. The second-order valence-corrected chi connectivity index (χ2v) is 7.32. The van der Waals surface area contributed by atoms with Crippen molar-refractivity contribution in [3.63, 3.8) is 0 Å². The lowest BCUT2D eigenvalue weighted by molar-refractivity contribution is 0.400. The predicted octanol–water partition coefficient (Wildman–Crippen LogP) is 3.62. The van der Waals surface area contributed by atoms with Crippen molar-refractivity contribution in [2.45, 2.75) is 18.7 Å². The van der Waals surface area contributed by atoms with Crippen LogP contribution in [0.2, 0.25) is 0 Å². The minimum absolute atomic E-state index is 0.130. The minimum Gasteiger partial charge on any atom is -0.360 e. The average Bonchev–Trinajstić information content (AvgIpc) is 2.68. The first-order valence-corrected chi connectivity index (χ1v) is 8.28. The number of halogens is 2. The van der Waals surface area contributed by atoms with Crippen LogP contribution in [0.4, 0.5) is 5.82 Å². The van der Waals surface area contributed by atoms with E-state index in [-0.39, 0.29) is 10.7 Å². The fraction of sp³-hybridized carbons (Fsp3) is 0.182. The molecule has 19 heavy (non-hydrogen) atoms. The number of benzene rings is 1. The van der Waals surface area contributed by atoms with Crippen molar-refractivity contribution in [3.05, 3.63) is 38.5 Å². The molecule has 102 valence electrons. The lowest BCUT2D eigenvalue weighted by Crippen LogP contribution is -2.14. The Morgan fingerprint density at radius 2 is 1.84 bits per heavy atom. The molecule has 0 aliphatic heterocycles. The molecule has 0 aliphatic carbocycles. The van der Waals surface area contributed by atoms with Crippen molar-refractivity contribution >= 4 is 47.7 Å². The standard InChI is InChI=1S/C11H10Br2N2O3S/c1-6-3-9(13)10(5-8(6)12)19(16,17)15-11-4-7(2)18-14-11/h3-5H,1-2H3,(H,14,15). The van der Waals surface area contributed by atoms with Crippen LogP contribution in [0.5, 0.6) is 0 Å². The van der Waals surface area contributed by atoms with Gasteiger partial charge in [-0.05, 0) is 47.5 Å². The van der Waals surface area contributed by atoms with E-state index in [1.165, 1.54) is 12.1 Å². The maximum Gasteiger partial charge on any atom is 0.264 e. The van der Waals surface area contributed by atoms with Gasteiger partial charge in [0.25, 0.3) is 10.0 Å². The minimum atomic E-state index is -3.72. The third-order valence-corrected chi connectivity index (χ3v) is 5.54. The first-order chi connectivity index (χ1) is 8.79. The molecular formula is C11H10Br2N2O3S. The Morgan fingerprint density at radius 3 is 2.42 bits per heavy atom. The number of aromatic nitrogens is 1. The summed E-state index contributed by atoms with van der Waals surface area (Å²) in [5, 5.41) is 3.60. The van der Waals surface area contributed by atoms with Crippen molar-refractivity contribution < 1.29 is 12.9 Å². The SMILES string of the molecule is Cc1cc(NS(=O)(=O)c2cc(Br)c(C)cc2Br)no1. The Hall–Kier alpha value is -0.860. The fourth-order valence-electron chi connectivity index (χ4n) is 1.44. The summed E-state index contributed by atoms with van der Waals surface area (Å²) in [4.78, 5) is 0.130. The zero-order valence-electron chi connectivity index (χ0n) is 10.1. The molecule has 0 saturated heterocycles. The van der Waals surface area contributed by atoms with E-state index in [9.17, 15) is 8.42 Å². The molecule has 0 fully saturated rings. The first-order valence-electron chi connectivity index (χ1n) is 5.21. The molecule has 2 rings (SSSR count). The quantitative estimate of drug-likeness (QED) is 0.840. The van der Waals surface area contributed by atoms with E-state index in [0.29, 0.717) is 14.7 Å². The Bertz CT molecular complexity index is 726. The van der Waals surface area contributed by atoms with Gasteiger partial charge in [-0.15, -0.1) is 0 Å². The molecule has 0 amide bonds. The van der Waals surface area contributed by atoms with Gasteiger partial charge in [0.05, 0.1) is 0 Å². The number of aryl methyl sites for hydroxylation is 2. The van der Waals surface area contributed by atoms with Crippen molar-refractivity contribution in [1.29, 1.82) is 0 Å². The second-order valence-electron chi connectivity index (χ2n) is 3.96. The molecule has 5 nitrogen and oxygen atoms in total. The molecule has 1 N–H and O–H groups in total. The molecule has 0 bridgehead atoms. The van der Waals surface area contributed by atoms with Gasteiger partial charge in [-0.2, -0.15) is 0 Å². The summed E-state index contributed by atoms with van der Waals surface area (Å²) in [5.41, 5.74) is 0.933. The molecule has 0 radical (unpaired) electrons. The number of hydrogen-bond acceptors (Lipinski definition) is 4. The number of anilines is 1. The van der Waals surface area contributed by atoms with Crippen molar-refractivity contribution in [3.8, 4) is 0 Å². The highest BCUT2D eigenvalue weighted by Crippen LogP contribution is 2.29. The summed E-state index contributed by atoms with van der Waals surface area (Å²) in [6.45, 7) is 3.56. The summed E-state index contributed by atoms with van der Waals surface area (Å²) in [7, 11) is -3.72. The van der Waals surface area contributed by atoms with E-state index < -0.39 is 10.0 Å². The van der Waals surface area contributed by atoms with Gasteiger partial charge in [0, 0.05) is 15.0 Å². The van der Waals surface area contributed by atoms with Gasteiger partial charge in [0.1, 0.15) is 10.7 Å². The predicted molar refractivity (Wildman–Crippen MR) is 78.6 cm³/mol. The van der Waals surface area contributed by atoms with Crippen molar-refractivity contribution in [1.82, 2.24) is 5.16 Å². The number of rotatable bonds is 3. The summed E-state index contributed by atoms with van der Waals surface area (Å²) >= 11 is 6.57. The topological polar surface area (TPSA) is 72.2 Å². The largest absolute Gasteiger partial charge is 0.360 e. The maximum atomic E-state index is 12.3. The lowest BCUT2D eigenvalue weighted by atomic mass is 10.2. The third kappa shape index (κ3) is 3.18. The molecule has 0 spiro atoms. The van der Waals surface area contributed by atoms with E-state index >= 15 is 0 Å². The average molecular weight is 410 g/mol. The fourth-order valence-corrected chi connectivity index (χ4v) is 4.10. The van der Waals surface area contributed by atoms with E-state index in [2.05, 4.69) is 41.7 Å². The Morgan fingerprint density at radius 1 is 1.16 bits per heavy atom. The summed E-state index contributed by atoms with van der Waals surface area (Å²) in [6, 6.07) is 4.77. The smallest absolute Gasteiger partial charge is 0.264 e. The highest BCUT2D eigenvalue weighted by atomic mass is 79.9. The van der Waals surface area contributed by atoms with Gasteiger partial charge in [-0.3, -0.25) is 4.72 Å². The second kappa shape index (κ2) is 5.26. The van der Waals surface area contributed by atoms with Crippen LogP contribution in [-0.4, -0.2) is 13.6 Å².